The van der Waals surface area contributed by atoms with Crippen LogP contribution in [0.25, 0.3) is 0 Å². The number of likely N-dealkylation sites (N-methyl/N-ethyl adjacent to an activating group) is 1. The van der Waals surface area contributed by atoms with Crippen LogP contribution in [-0.2, 0) is 22.2 Å². The number of thiazole rings is 1. The maximum absolute atomic E-state index is 12.6. The summed E-state index contributed by atoms with van der Waals surface area (Å²) in [5.41, 5.74) is 0.511. The molecule has 0 aliphatic heterocycles. The van der Waals surface area contributed by atoms with Gasteiger partial charge in [0.05, 0.1) is 5.69 Å². The second-order valence-corrected chi connectivity index (χ2v) is 7.06. The minimum absolute atomic E-state index is 0.104. The van der Waals surface area contributed by atoms with Gasteiger partial charge in [0, 0.05) is 18.5 Å². The maximum Gasteiger partial charge on any atom is 0.443 e. The number of carbonyl (C=O) groups is 2. The number of aliphatic hydroxyl groups excluding tert-OH is 1. The van der Waals surface area contributed by atoms with Crippen molar-refractivity contribution in [3.63, 3.8) is 0 Å². The van der Waals surface area contributed by atoms with E-state index in [1.807, 2.05) is 0 Å². The third kappa shape index (κ3) is 6.71. The van der Waals surface area contributed by atoms with Gasteiger partial charge in [-0.1, -0.05) is 12.1 Å². The van der Waals surface area contributed by atoms with E-state index in [-0.39, 0.29) is 18.2 Å². The maximum atomic E-state index is 12.6. The first-order valence-corrected chi connectivity index (χ1v) is 9.41. The number of nitrogens with zero attached hydrogens (tertiary/aromatic N) is 1. The van der Waals surface area contributed by atoms with Crippen LogP contribution in [0.3, 0.4) is 0 Å². The van der Waals surface area contributed by atoms with Crippen molar-refractivity contribution in [2.75, 3.05) is 13.7 Å². The number of hydrogen-bond donors (Lipinski definition) is 3. The number of amides is 2. The Morgan fingerprint density at radius 2 is 1.93 bits per heavy atom. The van der Waals surface area contributed by atoms with Crippen LogP contribution in [0.15, 0.2) is 29.6 Å². The first-order chi connectivity index (χ1) is 13.6. The molecule has 7 nitrogen and oxygen atoms in total. The number of aromatic nitrogens is 1. The van der Waals surface area contributed by atoms with Crippen LogP contribution in [0.2, 0.25) is 0 Å². The molecule has 0 fully saturated rings. The topological polar surface area (TPSA) is 101 Å². The zero-order valence-electron chi connectivity index (χ0n) is 15.6. The molecule has 2 unspecified atom stereocenters. The summed E-state index contributed by atoms with van der Waals surface area (Å²) in [6.07, 6.45) is -5.99. The molecule has 0 spiro atoms. The molecule has 1 aromatic carbocycles. The molecule has 158 valence electrons. The highest BCUT2D eigenvalue weighted by atomic mass is 32.1. The molecule has 0 radical (unpaired) electrons. The number of nitrogens with one attached hydrogen (secondary N) is 2. The lowest BCUT2D eigenvalue weighted by molar-refractivity contribution is -0.138. The summed E-state index contributed by atoms with van der Waals surface area (Å²) < 4.78 is 43.1. The molecular weight excluding hydrogens is 411 g/mol. The zero-order valence-corrected chi connectivity index (χ0v) is 16.4. The van der Waals surface area contributed by atoms with Crippen LogP contribution in [-0.4, -0.2) is 41.6 Å². The Labute approximate surface area is 168 Å². The van der Waals surface area contributed by atoms with Gasteiger partial charge in [0.1, 0.15) is 5.75 Å². The predicted octanol–water partition coefficient (Wildman–Crippen LogP) is 2.07. The van der Waals surface area contributed by atoms with Crippen molar-refractivity contribution in [1.82, 2.24) is 15.6 Å². The number of benzene rings is 1. The summed E-state index contributed by atoms with van der Waals surface area (Å²) in [5.74, 6) is -0.582. The van der Waals surface area contributed by atoms with Crippen molar-refractivity contribution in [3.8, 4) is 5.75 Å². The van der Waals surface area contributed by atoms with Crippen LogP contribution in [0.4, 0.5) is 13.2 Å². The molecule has 0 aliphatic carbocycles. The minimum atomic E-state index is -4.62. The van der Waals surface area contributed by atoms with E-state index in [0.717, 1.165) is 10.9 Å². The second kappa shape index (κ2) is 9.70. The summed E-state index contributed by atoms with van der Waals surface area (Å²) in [6.45, 7) is 1.59. The van der Waals surface area contributed by atoms with Gasteiger partial charge in [-0.3, -0.25) is 9.59 Å². The Morgan fingerprint density at radius 1 is 1.28 bits per heavy atom. The number of rotatable bonds is 8. The lowest BCUT2D eigenvalue weighted by atomic mass is 10.1. The van der Waals surface area contributed by atoms with E-state index in [1.165, 1.54) is 7.05 Å². The zero-order chi connectivity index (χ0) is 21.6. The monoisotopic (exact) mass is 431 g/mol. The number of halogens is 3. The SMILES string of the molecule is CNC(=O)COc1ccc(CC(C)NC(=O)C(O)c2csc(C(F)(F)F)n2)cc1. The van der Waals surface area contributed by atoms with Gasteiger partial charge in [0.2, 0.25) is 0 Å². The highest BCUT2D eigenvalue weighted by Gasteiger charge is 2.36. The number of hydrogen-bond acceptors (Lipinski definition) is 6. The minimum Gasteiger partial charge on any atom is -0.484 e. The molecule has 0 bridgehead atoms. The Kier molecular flexibility index (Phi) is 7.57. The van der Waals surface area contributed by atoms with Crippen LogP contribution in [0.5, 0.6) is 5.75 Å². The lowest BCUT2D eigenvalue weighted by Crippen LogP contribution is -2.37. The number of alkyl halides is 3. The number of aliphatic hydroxyl groups is 1. The van der Waals surface area contributed by atoms with Gasteiger partial charge in [0.15, 0.2) is 17.7 Å². The van der Waals surface area contributed by atoms with Gasteiger partial charge in [-0.15, -0.1) is 11.3 Å². The normalized spacial score (nSPS) is 13.4. The van der Waals surface area contributed by atoms with E-state index in [0.29, 0.717) is 23.5 Å². The van der Waals surface area contributed by atoms with E-state index in [2.05, 4.69) is 15.6 Å². The fourth-order valence-corrected chi connectivity index (χ4v) is 3.05. The molecular formula is C18H20F3N3O4S. The summed E-state index contributed by atoms with van der Waals surface area (Å²) >= 11 is 0.319. The molecule has 29 heavy (non-hydrogen) atoms. The Hall–Kier alpha value is -2.66. The Balaban J connectivity index is 1.87. The van der Waals surface area contributed by atoms with Crippen molar-refractivity contribution in [1.29, 1.82) is 0 Å². The molecule has 1 aromatic heterocycles. The highest BCUT2D eigenvalue weighted by molar-refractivity contribution is 7.09. The van der Waals surface area contributed by atoms with Crippen LogP contribution in [0.1, 0.15) is 29.3 Å². The van der Waals surface area contributed by atoms with Gasteiger partial charge >= 0.3 is 6.18 Å². The Bertz CT molecular complexity index is 840. The molecule has 11 heteroatoms. The summed E-state index contributed by atoms with van der Waals surface area (Å²) in [6, 6.07) is 6.48. The van der Waals surface area contributed by atoms with Gasteiger partial charge in [-0.05, 0) is 31.0 Å². The van der Waals surface area contributed by atoms with Crippen LogP contribution < -0.4 is 15.4 Å². The number of ether oxygens (including phenoxy) is 1. The molecule has 2 atom stereocenters. The highest BCUT2D eigenvalue weighted by Crippen LogP contribution is 2.32. The quantitative estimate of drug-likeness (QED) is 0.594. The van der Waals surface area contributed by atoms with E-state index < -0.39 is 29.2 Å². The molecule has 0 saturated heterocycles. The molecule has 3 N–H and O–H groups in total. The molecule has 0 aliphatic rings. The van der Waals surface area contributed by atoms with Crippen molar-refractivity contribution < 1.29 is 32.6 Å². The van der Waals surface area contributed by atoms with E-state index in [9.17, 15) is 27.9 Å². The van der Waals surface area contributed by atoms with E-state index >= 15 is 0 Å². The number of carbonyl (C=O) groups excluding carboxylic acids is 2. The molecule has 2 amide bonds. The standard InChI is InChI=1S/C18H20F3N3O4S/c1-10(7-11-3-5-12(6-4-11)28-8-14(25)22-2)23-16(27)15(26)13-9-29-17(24-13)18(19,20)21/h3-6,9-10,15,26H,7-8H2,1-2H3,(H,22,25)(H,23,27). The van der Waals surface area contributed by atoms with Crippen molar-refractivity contribution in [3.05, 3.63) is 45.9 Å². The molecule has 0 saturated carbocycles. The van der Waals surface area contributed by atoms with E-state index in [1.54, 1.807) is 31.2 Å². The molecule has 2 rings (SSSR count). The summed E-state index contributed by atoms with van der Waals surface area (Å²) in [4.78, 5) is 26.5. The first kappa shape index (κ1) is 22.6. The third-order valence-corrected chi connectivity index (χ3v) is 4.70. The van der Waals surface area contributed by atoms with Gasteiger partial charge in [0.25, 0.3) is 11.8 Å². The fraction of sp³-hybridized carbons (Fsp3) is 0.389. The van der Waals surface area contributed by atoms with Gasteiger partial charge in [-0.2, -0.15) is 13.2 Å². The van der Waals surface area contributed by atoms with Gasteiger partial charge < -0.3 is 20.5 Å². The molecule has 1 heterocycles. The average Bonchev–Trinajstić information content (AvgIpc) is 3.17. The second-order valence-electron chi connectivity index (χ2n) is 6.20. The average molecular weight is 431 g/mol. The van der Waals surface area contributed by atoms with Crippen molar-refractivity contribution in [2.45, 2.75) is 31.7 Å². The summed E-state index contributed by atoms with van der Waals surface area (Å²) in [5, 5.41) is 14.8. The third-order valence-electron chi connectivity index (χ3n) is 3.80. The van der Waals surface area contributed by atoms with Crippen LogP contribution >= 0.6 is 11.3 Å². The van der Waals surface area contributed by atoms with E-state index in [4.69, 9.17) is 4.74 Å². The smallest absolute Gasteiger partial charge is 0.443 e. The summed E-state index contributed by atoms with van der Waals surface area (Å²) in [7, 11) is 1.51. The van der Waals surface area contributed by atoms with Gasteiger partial charge in [-0.25, -0.2) is 4.98 Å². The first-order valence-electron chi connectivity index (χ1n) is 8.53. The van der Waals surface area contributed by atoms with Crippen LogP contribution in [0, 0.1) is 0 Å². The van der Waals surface area contributed by atoms with Crippen molar-refractivity contribution >= 4 is 23.2 Å². The predicted molar refractivity (Wildman–Crippen MR) is 99.4 cm³/mol. The van der Waals surface area contributed by atoms with Crippen molar-refractivity contribution in [2.24, 2.45) is 0 Å². The molecule has 2 aromatic rings. The lowest BCUT2D eigenvalue weighted by Gasteiger charge is -2.16. The largest absolute Gasteiger partial charge is 0.484 e. The Morgan fingerprint density at radius 3 is 2.48 bits per heavy atom. The fourth-order valence-electron chi connectivity index (χ4n) is 2.35.